The highest BCUT2D eigenvalue weighted by molar-refractivity contribution is 6.30. The van der Waals surface area contributed by atoms with Crippen molar-refractivity contribution in [3.8, 4) is 11.3 Å². The molecule has 1 fully saturated rings. The van der Waals surface area contributed by atoms with E-state index in [1.54, 1.807) is 6.07 Å². The number of hydrogen-bond acceptors (Lipinski definition) is 3. The van der Waals surface area contributed by atoms with Crippen LogP contribution in [0.5, 0.6) is 0 Å². The fourth-order valence-corrected chi connectivity index (χ4v) is 3.43. The summed E-state index contributed by atoms with van der Waals surface area (Å²) in [4.78, 5) is 14.8. The van der Waals surface area contributed by atoms with E-state index in [2.05, 4.69) is 5.16 Å². The van der Waals surface area contributed by atoms with Gasteiger partial charge in [-0.15, -0.1) is 0 Å². The Kier molecular flexibility index (Phi) is 4.28. The van der Waals surface area contributed by atoms with Crippen molar-refractivity contribution in [3.63, 3.8) is 0 Å². The Labute approximate surface area is 151 Å². The third kappa shape index (κ3) is 3.17. The summed E-state index contributed by atoms with van der Waals surface area (Å²) in [6.07, 6.45) is 1.91. The molecular formula is C20H17ClN2O2. The number of hydrogen-bond donors (Lipinski definition) is 0. The molecule has 4 nitrogen and oxygen atoms in total. The Morgan fingerprint density at radius 2 is 1.88 bits per heavy atom. The molecule has 5 heteroatoms. The van der Waals surface area contributed by atoms with E-state index >= 15 is 0 Å². The van der Waals surface area contributed by atoms with E-state index in [1.165, 1.54) is 0 Å². The van der Waals surface area contributed by atoms with Crippen molar-refractivity contribution >= 4 is 17.5 Å². The van der Waals surface area contributed by atoms with Crippen LogP contribution in [0.1, 0.15) is 35.0 Å². The van der Waals surface area contributed by atoms with Crippen LogP contribution in [0.25, 0.3) is 11.3 Å². The van der Waals surface area contributed by atoms with E-state index in [1.807, 2.05) is 59.5 Å². The summed E-state index contributed by atoms with van der Waals surface area (Å²) in [6, 6.07) is 19.1. The molecule has 126 valence electrons. The highest BCUT2D eigenvalue weighted by Crippen LogP contribution is 2.34. The van der Waals surface area contributed by atoms with Crippen LogP contribution in [-0.2, 0) is 0 Å². The molecule has 2 heterocycles. The Hall–Kier alpha value is -2.59. The predicted octanol–water partition coefficient (Wildman–Crippen LogP) is 4.97. The Bertz CT molecular complexity index is 874. The van der Waals surface area contributed by atoms with Gasteiger partial charge in [-0.3, -0.25) is 4.79 Å². The molecule has 2 aromatic carbocycles. The van der Waals surface area contributed by atoms with Gasteiger partial charge < -0.3 is 9.42 Å². The second-order valence-electron chi connectivity index (χ2n) is 6.15. The molecule has 1 aromatic heterocycles. The first kappa shape index (κ1) is 15.9. The van der Waals surface area contributed by atoms with Crippen molar-refractivity contribution in [3.05, 3.63) is 77.0 Å². The average molecular weight is 353 g/mol. The fraction of sp³-hybridized carbons (Fsp3) is 0.200. The number of halogens is 1. The zero-order chi connectivity index (χ0) is 17.2. The summed E-state index contributed by atoms with van der Waals surface area (Å²) in [5, 5.41) is 4.74. The molecule has 1 aliphatic heterocycles. The molecule has 0 bridgehead atoms. The Balaban J connectivity index is 1.58. The van der Waals surface area contributed by atoms with Crippen molar-refractivity contribution in [1.82, 2.24) is 10.1 Å². The third-order valence-electron chi connectivity index (χ3n) is 4.56. The summed E-state index contributed by atoms with van der Waals surface area (Å²) in [6.45, 7) is 0.716. The smallest absolute Gasteiger partial charge is 0.292 e. The number of nitrogens with zero attached hydrogens (tertiary/aromatic N) is 2. The number of likely N-dealkylation sites (tertiary alicyclic amines) is 1. The van der Waals surface area contributed by atoms with E-state index in [0.29, 0.717) is 17.3 Å². The van der Waals surface area contributed by atoms with Crippen LogP contribution in [0.3, 0.4) is 0 Å². The summed E-state index contributed by atoms with van der Waals surface area (Å²) in [5.74, 6) is 0.159. The zero-order valence-corrected chi connectivity index (χ0v) is 14.3. The van der Waals surface area contributed by atoms with Gasteiger partial charge >= 0.3 is 0 Å². The molecule has 25 heavy (non-hydrogen) atoms. The molecule has 3 aromatic rings. The number of carbonyl (C=O) groups is 1. The van der Waals surface area contributed by atoms with Gasteiger partial charge in [0.05, 0.1) is 6.04 Å². The molecule has 4 rings (SSSR count). The molecule has 0 N–H and O–H groups in total. The van der Waals surface area contributed by atoms with Crippen LogP contribution in [0.4, 0.5) is 0 Å². The first-order valence-corrected chi connectivity index (χ1v) is 8.69. The molecule has 1 saturated heterocycles. The monoisotopic (exact) mass is 352 g/mol. The number of carbonyl (C=O) groups excluding carboxylic acids is 1. The molecule has 1 atom stereocenters. The van der Waals surface area contributed by atoms with Crippen LogP contribution in [-0.4, -0.2) is 22.5 Å². The van der Waals surface area contributed by atoms with Crippen molar-refractivity contribution in [2.75, 3.05) is 6.54 Å². The van der Waals surface area contributed by atoms with Gasteiger partial charge in [0.25, 0.3) is 5.91 Å². The first-order chi connectivity index (χ1) is 12.2. The van der Waals surface area contributed by atoms with Gasteiger partial charge in [0.1, 0.15) is 5.69 Å². The minimum atomic E-state index is -0.118. The van der Waals surface area contributed by atoms with Crippen molar-refractivity contribution < 1.29 is 9.32 Å². The molecular weight excluding hydrogens is 336 g/mol. The van der Waals surface area contributed by atoms with Gasteiger partial charge in [-0.1, -0.05) is 59.2 Å². The van der Waals surface area contributed by atoms with E-state index in [0.717, 1.165) is 24.0 Å². The minimum Gasteiger partial charge on any atom is -0.350 e. The first-order valence-electron chi connectivity index (χ1n) is 8.31. The number of aromatic nitrogens is 1. The van der Waals surface area contributed by atoms with Crippen LogP contribution < -0.4 is 0 Å². The molecule has 1 amide bonds. The van der Waals surface area contributed by atoms with Crippen LogP contribution in [0.2, 0.25) is 5.02 Å². The standard InChI is InChI=1S/C20H17ClN2O2/c21-16-10-8-15(9-11-16)18-7-4-12-23(18)20(24)19-13-17(22-25-19)14-5-2-1-3-6-14/h1-3,5-6,8-11,13,18H,4,7,12H2/t18-/m0/s1. The molecule has 0 saturated carbocycles. The summed E-state index contributed by atoms with van der Waals surface area (Å²) in [5.41, 5.74) is 2.70. The van der Waals surface area contributed by atoms with E-state index in [4.69, 9.17) is 16.1 Å². The topological polar surface area (TPSA) is 46.3 Å². The third-order valence-corrected chi connectivity index (χ3v) is 4.81. The van der Waals surface area contributed by atoms with Crippen molar-refractivity contribution in [2.24, 2.45) is 0 Å². The second kappa shape index (κ2) is 6.73. The second-order valence-corrected chi connectivity index (χ2v) is 6.59. The highest BCUT2D eigenvalue weighted by atomic mass is 35.5. The summed E-state index contributed by atoms with van der Waals surface area (Å²) in [7, 11) is 0. The Morgan fingerprint density at radius 1 is 1.12 bits per heavy atom. The maximum Gasteiger partial charge on any atom is 0.292 e. The maximum atomic E-state index is 12.9. The zero-order valence-electron chi connectivity index (χ0n) is 13.6. The number of amides is 1. The van der Waals surface area contributed by atoms with Crippen LogP contribution in [0.15, 0.2) is 65.2 Å². The van der Waals surface area contributed by atoms with E-state index < -0.39 is 0 Å². The predicted molar refractivity (Wildman–Crippen MR) is 96.4 cm³/mol. The maximum absolute atomic E-state index is 12.9. The van der Waals surface area contributed by atoms with E-state index in [9.17, 15) is 4.79 Å². The number of benzene rings is 2. The molecule has 0 unspecified atom stereocenters. The largest absolute Gasteiger partial charge is 0.350 e. The van der Waals surface area contributed by atoms with E-state index in [-0.39, 0.29) is 17.7 Å². The normalized spacial score (nSPS) is 17.0. The van der Waals surface area contributed by atoms with Gasteiger partial charge in [0.2, 0.25) is 5.76 Å². The highest BCUT2D eigenvalue weighted by Gasteiger charge is 2.32. The summed E-state index contributed by atoms with van der Waals surface area (Å²) >= 11 is 5.97. The molecule has 0 radical (unpaired) electrons. The van der Waals surface area contributed by atoms with Gasteiger partial charge in [-0.2, -0.15) is 0 Å². The Morgan fingerprint density at radius 3 is 2.64 bits per heavy atom. The quantitative estimate of drug-likeness (QED) is 0.668. The van der Waals surface area contributed by atoms with Crippen LogP contribution >= 0.6 is 11.6 Å². The average Bonchev–Trinajstić information content (AvgIpc) is 3.32. The van der Waals surface area contributed by atoms with Gasteiger partial charge in [0.15, 0.2) is 0 Å². The molecule has 0 aliphatic carbocycles. The van der Waals surface area contributed by atoms with Gasteiger partial charge in [-0.05, 0) is 30.5 Å². The lowest BCUT2D eigenvalue weighted by Gasteiger charge is -2.24. The summed E-state index contributed by atoms with van der Waals surface area (Å²) < 4.78 is 5.33. The lowest BCUT2D eigenvalue weighted by molar-refractivity contribution is 0.0693. The lowest BCUT2D eigenvalue weighted by Crippen LogP contribution is -2.30. The van der Waals surface area contributed by atoms with Gasteiger partial charge in [-0.25, -0.2) is 0 Å². The van der Waals surface area contributed by atoms with Crippen LogP contribution in [0, 0.1) is 0 Å². The fourth-order valence-electron chi connectivity index (χ4n) is 3.30. The number of rotatable bonds is 3. The van der Waals surface area contributed by atoms with Crippen molar-refractivity contribution in [1.29, 1.82) is 0 Å². The SMILES string of the molecule is O=C(c1cc(-c2ccccc2)no1)N1CCC[C@H]1c1ccc(Cl)cc1. The molecule has 1 aliphatic rings. The molecule has 0 spiro atoms. The van der Waals surface area contributed by atoms with Gasteiger partial charge in [0, 0.05) is 23.2 Å². The van der Waals surface area contributed by atoms with Crippen molar-refractivity contribution in [2.45, 2.75) is 18.9 Å². The minimum absolute atomic E-state index is 0.0510. The lowest BCUT2D eigenvalue weighted by atomic mass is 10.0.